The van der Waals surface area contributed by atoms with Gasteiger partial charge in [0.1, 0.15) is 0 Å². The van der Waals surface area contributed by atoms with Gasteiger partial charge in [-0.1, -0.05) is 26.7 Å². The summed E-state index contributed by atoms with van der Waals surface area (Å²) in [5.41, 5.74) is 0.638. The Morgan fingerprint density at radius 2 is 1.45 bits per heavy atom. The first kappa shape index (κ1) is 14.8. The third kappa shape index (κ3) is 5.48. The van der Waals surface area contributed by atoms with Crippen molar-refractivity contribution in [2.75, 3.05) is 0 Å². The molecule has 0 nitrogen and oxygen atoms in total. The molecule has 0 amide bonds. The molecule has 1 aliphatic carbocycles. The van der Waals surface area contributed by atoms with Crippen molar-refractivity contribution < 1.29 is 17.0 Å². The van der Waals surface area contributed by atoms with Crippen LogP contribution in [0.1, 0.15) is 46.5 Å². The first-order valence-electron chi connectivity index (χ1n) is 3.91. The van der Waals surface area contributed by atoms with Gasteiger partial charge in [-0.05, 0) is 5.41 Å². The van der Waals surface area contributed by atoms with Crippen LogP contribution in [0.15, 0.2) is 0 Å². The van der Waals surface area contributed by atoms with Crippen LogP contribution < -0.4 is 17.0 Å². The van der Waals surface area contributed by atoms with Crippen molar-refractivity contribution in [1.29, 1.82) is 0 Å². The van der Waals surface area contributed by atoms with Gasteiger partial charge in [0.2, 0.25) is 0 Å². The van der Waals surface area contributed by atoms with E-state index in [0.29, 0.717) is 5.41 Å². The Bertz CT molecular complexity index is 91.7. The predicted octanol–water partition coefficient (Wildman–Crippen LogP) is -0.196. The molecule has 0 N–H and O–H groups in total. The smallest absolute Gasteiger partial charge is 1.00 e. The first-order valence-corrected chi connectivity index (χ1v) is 3.91. The molecule has 1 rings (SSSR count). The molecule has 0 bridgehead atoms. The molecule has 0 heterocycles. The standard InChI is InChI=1S/C9H17.BrH.Mg/c1-8-4-6-9(2,3)7-5-8;;/h4-7H2,1-3H3;1H;/q-1;;+2/p-1. The van der Waals surface area contributed by atoms with Crippen molar-refractivity contribution in [1.82, 2.24) is 0 Å². The van der Waals surface area contributed by atoms with Crippen LogP contribution in [-0.4, -0.2) is 23.1 Å². The molecule has 0 radical (unpaired) electrons. The average molecular weight is 229 g/mol. The van der Waals surface area contributed by atoms with Gasteiger partial charge in [0.15, 0.2) is 0 Å². The summed E-state index contributed by atoms with van der Waals surface area (Å²) in [4.78, 5) is 0. The van der Waals surface area contributed by atoms with E-state index in [4.69, 9.17) is 0 Å². The Hall–Kier alpha value is 1.25. The number of hydrogen-bond acceptors (Lipinski definition) is 0. The number of rotatable bonds is 0. The van der Waals surface area contributed by atoms with Gasteiger partial charge in [-0.15, -0.1) is 0 Å². The molecular weight excluding hydrogens is 212 g/mol. The molecule has 0 aromatic carbocycles. The summed E-state index contributed by atoms with van der Waals surface area (Å²) in [5, 5.41) is 0. The Morgan fingerprint density at radius 3 is 1.73 bits per heavy atom. The van der Waals surface area contributed by atoms with E-state index in [1.165, 1.54) is 25.7 Å². The van der Waals surface area contributed by atoms with Gasteiger partial charge >= 0.3 is 23.1 Å². The zero-order valence-corrected chi connectivity index (χ0v) is 10.9. The summed E-state index contributed by atoms with van der Waals surface area (Å²) in [7, 11) is 0. The molecule has 0 aromatic rings. The van der Waals surface area contributed by atoms with Crippen molar-refractivity contribution in [2.45, 2.75) is 46.5 Å². The Labute approximate surface area is 97.4 Å². The van der Waals surface area contributed by atoms with Crippen molar-refractivity contribution in [3.63, 3.8) is 0 Å². The van der Waals surface area contributed by atoms with Gasteiger partial charge in [-0.25, -0.2) is 0 Å². The maximum absolute atomic E-state index is 2.37. The van der Waals surface area contributed by atoms with E-state index in [2.05, 4.69) is 20.8 Å². The third-order valence-electron chi connectivity index (χ3n) is 2.46. The van der Waals surface area contributed by atoms with E-state index >= 15 is 0 Å². The molecule has 0 atom stereocenters. The Kier molecular flexibility index (Phi) is 7.80. The van der Waals surface area contributed by atoms with E-state index in [-0.39, 0.29) is 40.0 Å². The monoisotopic (exact) mass is 228 g/mol. The quantitative estimate of drug-likeness (QED) is 0.399. The third-order valence-corrected chi connectivity index (χ3v) is 2.46. The fourth-order valence-electron chi connectivity index (χ4n) is 1.35. The summed E-state index contributed by atoms with van der Waals surface area (Å²) in [5.74, 6) is 1.70. The van der Waals surface area contributed by atoms with Crippen LogP contribution in [0.5, 0.6) is 0 Å². The molecule has 1 saturated carbocycles. The minimum Gasteiger partial charge on any atom is -1.00 e. The van der Waals surface area contributed by atoms with E-state index in [1.54, 1.807) is 5.92 Å². The Balaban J connectivity index is 0. The van der Waals surface area contributed by atoms with Gasteiger partial charge in [0.05, 0.1) is 0 Å². The predicted molar refractivity (Wildman–Crippen MR) is 46.9 cm³/mol. The molecule has 0 aliphatic heterocycles. The minimum absolute atomic E-state index is 0. The van der Waals surface area contributed by atoms with E-state index in [0.717, 1.165) is 0 Å². The fourth-order valence-corrected chi connectivity index (χ4v) is 1.35. The molecule has 0 aromatic heterocycles. The molecule has 62 valence electrons. The second-order valence-corrected chi connectivity index (χ2v) is 4.12. The van der Waals surface area contributed by atoms with Gasteiger partial charge in [0.25, 0.3) is 0 Å². The van der Waals surface area contributed by atoms with Crippen molar-refractivity contribution in [2.24, 2.45) is 5.41 Å². The Morgan fingerprint density at radius 1 is 1.09 bits per heavy atom. The van der Waals surface area contributed by atoms with Crippen LogP contribution in [0.2, 0.25) is 0 Å². The van der Waals surface area contributed by atoms with Crippen LogP contribution >= 0.6 is 0 Å². The van der Waals surface area contributed by atoms with Gasteiger partial charge < -0.3 is 22.9 Å². The number of hydrogen-bond donors (Lipinski definition) is 0. The van der Waals surface area contributed by atoms with E-state index < -0.39 is 0 Å². The van der Waals surface area contributed by atoms with Crippen molar-refractivity contribution in [3.05, 3.63) is 5.92 Å². The molecule has 1 fully saturated rings. The molecule has 0 spiro atoms. The van der Waals surface area contributed by atoms with Crippen LogP contribution in [0.25, 0.3) is 0 Å². The maximum atomic E-state index is 2.37. The topological polar surface area (TPSA) is 0 Å². The first-order chi connectivity index (χ1) is 4.10. The van der Waals surface area contributed by atoms with Crippen LogP contribution in [-0.2, 0) is 0 Å². The van der Waals surface area contributed by atoms with Crippen LogP contribution in [0, 0.1) is 11.3 Å². The van der Waals surface area contributed by atoms with Crippen LogP contribution in [0.4, 0.5) is 0 Å². The van der Waals surface area contributed by atoms with E-state index in [1.807, 2.05) is 0 Å². The SMILES string of the molecule is C[C-]1CCC(C)(C)CC1.[Br-].[Mg+2]. The normalized spacial score (nSPS) is 23.2. The maximum Gasteiger partial charge on any atom is 2.00 e. The van der Waals surface area contributed by atoms with Crippen molar-refractivity contribution >= 4 is 23.1 Å². The average Bonchev–Trinajstić information content (AvgIpc) is 1.78. The fraction of sp³-hybridized carbons (Fsp3) is 0.889. The molecular formula is C9H17BrMg. The zero-order chi connectivity index (χ0) is 6.91. The van der Waals surface area contributed by atoms with Crippen LogP contribution in [0.3, 0.4) is 0 Å². The summed E-state index contributed by atoms with van der Waals surface area (Å²) in [6, 6.07) is 0. The second-order valence-electron chi connectivity index (χ2n) is 4.12. The molecule has 1 aliphatic rings. The van der Waals surface area contributed by atoms with Gasteiger partial charge in [-0.2, -0.15) is 19.8 Å². The number of halogens is 1. The molecule has 2 heteroatoms. The van der Waals surface area contributed by atoms with E-state index in [9.17, 15) is 0 Å². The molecule has 0 saturated heterocycles. The van der Waals surface area contributed by atoms with Gasteiger partial charge in [0, 0.05) is 0 Å². The second kappa shape index (κ2) is 5.82. The molecule has 11 heavy (non-hydrogen) atoms. The zero-order valence-electron chi connectivity index (χ0n) is 7.91. The summed E-state index contributed by atoms with van der Waals surface area (Å²) in [6.07, 6.45) is 5.54. The molecule has 0 unspecified atom stereocenters. The van der Waals surface area contributed by atoms with Crippen molar-refractivity contribution in [3.8, 4) is 0 Å². The van der Waals surface area contributed by atoms with Gasteiger partial charge in [-0.3, -0.25) is 0 Å². The summed E-state index contributed by atoms with van der Waals surface area (Å²) >= 11 is 0. The largest absolute Gasteiger partial charge is 2.00 e. The summed E-state index contributed by atoms with van der Waals surface area (Å²) < 4.78 is 0. The minimum atomic E-state index is 0. The summed E-state index contributed by atoms with van der Waals surface area (Å²) in [6.45, 7) is 7.04.